The Morgan fingerprint density at radius 2 is 2.00 bits per heavy atom. The highest BCUT2D eigenvalue weighted by molar-refractivity contribution is 7.15. The molecular weight excluding hydrogens is 460 g/mol. The summed E-state index contributed by atoms with van der Waals surface area (Å²) in [6.45, 7) is 4.60. The van der Waals surface area contributed by atoms with E-state index in [0.717, 1.165) is 23.4 Å². The lowest BCUT2D eigenvalue weighted by Gasteiger charge is -2.14. The summed E-state index contributed by atoms with van der Waals surface area (Å²) in [5, 5.41) is 21.6. The number of aromatic nitrogens is 2. The molecule has 0 aliphatic carbocycles. The predicted molar refractivity (Wildman–Crippen MR) is 130 cm³/mol. The van der Waals surface area contributed by atoms with Crippen LogP contribution in [0.25, 0.3) is 6.08 Å². The Morgan fingerprint density at radius 3 is 2.70 bits per heavy atom. The van der Waals surface area contributed by atoms with Crippen molar-refractivity contribution in [3.8, 4) is 17.6 Å². The van der Waals surface area contributed by atoms with E-state index in [4.69, 9.17) is 21.1 Å². The Kier molecular flexibility index (Phi) is 8.81. The van der Waals surface area contributed by atoms with Crippen LogP contribution < -0.4 is 14.8 Å². The van der Waals surface area contributed by atoms with Crippen molar-refractivity contribution in [1.29, 1.82) is 5.26 Å². The maximum absolute atomic E-state index is 12.6. The molecule has 2 aromatic carbocycles. The number of hydrogen-bond donors (Lipinski definition) is 1. The number of carbonyl (C=O) groups excluding carboxylic acids is 1. The van der Waals surface area contributed by atoms with Crippen LogP contribution in [-0.2, 0) is 17.8 Å². The summed E-state index contributed by atoms with van der Waals surface area (Å²) in [7, 11) is 0. The van der Waals surface area contributed by atoms with Crippen molar-refractivity contribution < 1.29 is 14.3 Å². The van der Waals surface area contributed by atoms with Gasteiger partial charge < -0.3 is 9.47 Å². The minimum atomic E-state index is -0.574. The van der Waals surface area contributed by atoms with Crippen molar-refractivity contribution in [1.82, 2.24) is 10.2 Å². The predicted octanol–water partition coefficient (Wildman–Crippen LogP) is 5.67. The van der Waals surface area contributed by atoms with Crippen LogP contribution >= 0.6 is 22.9 Å². The average Bonchev–Trinajstić information content (AvgIpc) is 3.24. The van der Waals surface area contributed by atoms with E-state index in [2.05, 4.69) is 15.5 Å². The molecule has 7 nitrogen and oxygen atoms in total. The molecule has 3 rings (SSSR count). The lowest BCUT2D eigenvalue weighted by molar-refractivity contribution is -0.112. The summed E-state index contributed by atoms with van der Waals surface area (Å²) in [6.07, 6.45) is 3.16. The normalized spacial score (nSPS) is 11.0. The van der Waals surface area contributed by atoms with Gasteiger partial charge in [-0.05, 0) is 42.7 Å². The Balaban J connectivity index is 1.81. The minimum Gasteiger partial charge on any atom is -0.490 e. The second-order valence-corrected chi connectivity index (χ2v) is 8.38. The SMILES string of the molecule is CCCc1nnc(NC(=O)/C(C#N)=C\c2cc(Cl)c(OCc3ccccc3)c(OCC)c2)s1. The first-order chi connectivity index (χ1) is 16.0. The second-order valence-electron chi connectivity index (χ2n) is 6.91. The lowest BCUT2D eigenvalue weighted by Crippen LogP contribution is -2.13. The van der Waals surface area contributed by atoms with Gasteiger partial charge in [-0.2, -0.15) is 5.26 Å². The minimum absolute atomic E-state index is 0.0984. The number of anilines is 1. The zero-order valence-electron chi connectivity index (χ0n) is 18.3. The van der Waals surface area contributed by atoms with Crippen LogP contribution in [0.5, 0.6) is 11.5 Å². The monoisotopic (exact) mass is 482 g/mol. The number of hydrogen-bond acceptors (Lipinski definition) is 7. The van der Waals surface area contributed by atoms with Gasteiger partial charge >= 0.3 is 0 Å². The molecule has 9 heteroatoms. The van der Waals surface area contributed by atoms with Crippen molar-refractivity contribution in [3.63, 3.8) is 0 Å². The molecule has 0 unspecified atom stereocenters. The van der Waals surface area contributed by atoms with Crippen molar-refractivity contribution in [3.05, 3.63) is 69.2 Å². The van der Waals surface area contributed by atoms with E-state index in [1.54, 1.807) is 12.1 Å². The molecule has 33 heavy (non-hydrogen) atoms. The maximum Gasteiger partial charge on any atom is 0.268 e. The largest absolute Gasteiger partial charge is 0.490 e. The molecule has 0 aliphatic rings. The summed E-state index contributed by atoms with van der Waals surface area (Å²) in [5.74, 6) is 0.258. The summed E-state index contributed by atoms with van der Waals surface area (Å²) in [6, 6.07) is 14.9. The molecule has 0 atom stereocenters. The van der Waals surface area contributed by atoms with Gasteiger partial charge in [-0.25, -0.2) is 0 Å². The number of benzene rings is 2. The Hall–Kier alpha value is -3.41. The average molecular weight is 483 g/mol. The summed E-state index contributed by atoms with van der Waals surface area (Å²) in [5.41, 5.74) is 1.42. The fraction of sp³-hybridized carbons (Fsp3) is 0.250. The van der Waals surface area contributed by atoms with Gasteiger partial charge in [0.25, 0.3) is 5.91 Å². The van der Waals surface area contributed by atoms with Crippen LogP contribution in [0.3, 0.4) is 0 Å². The number of ether oxygens (including phenoxy) is 2. The first kappa shape index (κ1) is 24.2. The van der Waals surface area contributed by atoms with Gasteiger partial charge in [0, 0.05) is 6.42 Å². The van der Waals surface area contributed by atoms with Crippen LogP contribution in [0.1, 0.15) is 36.4 Å². The first-order valence-corrected chi connectivity index (χ1v) is 11.6. The van der Waals surface area contributed by atoms with Crippen LogP contribution in [0.15, 0.2) is 48.0 Å². The van der Waals surface area contributed by atoms with Crippen molar-refractivity contribution in [2.75, 3.05) is 11.9 Å². The molecule has 170 valence electrons. The highest BCUT2D eigenvalue weighted by Crippen LogP contribution is 2.38. The highest BCUT2D eigenvalue weighted by atomic mass is 35.5. The molecule has 1 heterocycles. The molecule has 1 N–H and O–H groups in total. The second kappa shape index (κ2) is 12.0. The van der Waals surface area contributed by atoms with Gasteiger partial charge in [-0.3, -0.25) is 10.1 Å². The third kappa shape index (κ3) is 6.78. The molecule has 1 amide bonds. The van der Waals surface area contributed by atoms with Crippen LogP contribution in [0.2, 0.25) is 5.02 Å². The molecular formula is C24H23ClN4O3S. The fourth-order valence-electron chi connectivity index (χ4n) is 2.90. The Bertz CT molecular complexity index is 1170. The van der Waals surface area contributed by atoms with E-state index >= 15 is 0 Å². The quantitative estimate of drug-likeness (QED) is 0.295. The van der Waals surface area contributed by atoms with Crippen molar-refractivity contribution in [2.24, 2.45) is 0 Å². The number of nitrogens with one attached hydrogen (secondary N) is 1. The standard InChI is InChI=1S/C24H23ClN4O3S/c1-3-8-21-28-29-24(33-21)27-23(30)18(14-26)11-17-12-19(25)22(20(13-17)31-4-2)32-15-16-9-6-5-7-10-16/h5-7,9-13H,3-4,8,15H2,1-2H3,(H,27,29,30)/b18-11-. The maximum atomic E-state index is 12.6. The summed E-state index contributed by atoms with van der Waals surface area (Å²) >= 11 is 7.76. The van der Waals surface area contributed by atoms with Gasteiger partial charge in [0.2, 0.25) is 5.13 Å². The van der Waals surface area contributed by atoms with Crippen molar-refractivity contribution in [2.45, 2.75) is 33.3 Å². The van der Waals surface area contributed by atoms with E-state index in [1.165, 1.54) is 17.4 Å². The molecule has 0 aliphatic heterocycles. The number of amides is 1. The number of nitriles is 1. The third-order valence-corrected chi connectivity index (χ3v) is 5.56. The number of rotatable bonds is 10. The van der Waals surface area contributed by atoms with Crippen LogP contribution in [-0.4, -0.2) is 22.7 Å². The molecule has 1 aromatic heterocycles. The molecule has 0 spiro atoms. The molecule has 0 radical (unpaired) electrons. The van der Waals surface area contributed by atoms with Crippen LogP contribution in [0.4, 0.5) is 5.13 Å². The Labute approximate surface area is 201 Å². The van der Waals surface area contributed by atoms with Gasteiger partial charge in [0.05, 0.1) is 11.6 Å². The lowest BCUT2D eigenvalue weighted by atomic mass is 10.1. The molecule has 0 fully saturated rings. The number of nitrogens with zero attached hydrogens (tertiary/aromatic N) is 3. The van der Waals surface area contributed by atoms with E-state index in [1.807, 2.05) is 50.2 Å². The zero-order chi connectivity index (χ0) is 23.6. The van der Waals surface area contributed by atoms with E-state index < -0.39 is 5.91 Å². The molecule has 3 aromatic rings. The number of carbonyl (C=O) groups is 1. The smallest absolute Gasteiger partial charge is 0.268 e. The van der Waals surface area contributed by atoms with Gasteiger partial charge in [0.15, 0.2) is 11.5 Å². The fourth-order valence-corrected chi connectivity index (χ4v) is 4.01. The number of aryl methyl sites for hydroxylation is 1. The van der Waals surface area contributed by atoms with Crippen molar-refractivity contribution >= 4 is 40.1 Å². The zero-order valence-corrected chi connectivity index (χ0v) is 19.9. The topological polar surface area (TPSA) is 97.1 Å². The van der Waals surface area contributed by atoms with Crippen LogP contribution in [0, 0.1) is 11.3 Å². The van der Waals surface area contributed by atoms with Gasteiger partial charge in [-0.1, -0.05) is 60.2 Å². The van der Waals surface area contributed by atoms with Gasteiger partial charge in [0.1, 0.15) is 23.3 Å². The van der Waals surface area contributed by atoms with E-state index in [9.17, 15) is 10.1 Å². The molecule has 0 saturated heterocycles. The Morgan fingerprint density at radius 1 is 1.21 bits per heavy atom. The van der Waals surface area contributed by atoms with Gasteiger partial charge in [-0.15, -0.1) is 10.2 Å². The van der Waals surface area contributed by atoms with E-state index in [-0.39, 0.29) is 5.57 Å². The third-order valence-electron chi connectivity index (χ3n) is 4.38. The molecule has 0 saturated carbocycles. The number of halogens is 1. The summed E-state index contributed by atoms with van der Waals surface area (Å²) in [4.78, 5) is 12.6. The first-order valence-electron chi connectivity index (χ1n) is 10.4. The van der Waals surface area contributed by atoms with E-state index in [0.29, 0.717) is 40.4 Å². The molecule has 0 bridgehead atoms. The highest BCUT2D eigenvalue weighted by Gasteiger charge is 2.16. The summed E-state index contributed by atoms with van der Waals surface area (Å²) < 4.78 is 11.6.